The van der Waals surface area contributed by atoms with Crippen LogP contribution in [0.4, 0.5) is 31.0 Å². The lowest BCUT2D eigenvalue weighted by Gasteiger charge is -2.25. The minimum atomic E-state index is -4.31. The zero-order valence-electron chi connectivity index (χ0n) is 65.4. The summed E-state index contributed by atoms with van der Waals surface area (Å²) in [6.45, 7) is 15.9. The number of hydrogen-bond donors (Lipinski definition) is 10. The molecule has 3 aliphatic heterocycles. The van der Waals surface area contributed by atoms with E-state index in [0.717, 1.165) is 31.7 Å². The molecule has 0 spiro atoms. The highest BCUT2D eigenvalue weighted by Crippen LogP contribution is 2.52. The molecule has 3 aromatic carbocycles. The largest absolute Gasteiger partial charge is 0.479 e. The first-order valence-corrected chi connectivity index (χ1v) is 40.9. The Hall–Kier alpha value is -9.88. The third-order valence-corrected chi connectivity index (χ3v) is 22.5. The molecule has 3 saturated heterocycles. The van der Waals surface area contributed by atoms with Crippen LogP contribution in [0.15, 0.2) is 121 Å². The maximum atomic E-state index is 15.9. The fraction of sp³-hybridized carbons (Fsp3) is 0.486. The number of carbonyl (C=O) groups excluding carboxylic acids is 3. The number of methoxy groups -OCH3 is 1. The Morgan fingerprint density at radius 1 is 0.504 bits per heavy atom. The summed E-state index contributed by atoms with van der Waals surface area (Å²) in [7, 11) is -11.5. The van der Waals surface area contributed by atoms with Crippen LogP contribution in [-0.4, -0.2) is 209 Å². The maximum Gasteiger partial charge on any atom is 0.459 e. The number of benzene rings is 3. The number of hydrogen-bond acceptors (Lipinski definition) is 34. The Morgan fingerprint density at radius 2 is 0.838 bits per heavy atom. The molecule has 0 unspecified atom stereocenters. The average Bonchev–Trinajstić information content (AvgIpc) is 1.61. The molecule has 0 radical (unpaired) electrons. The quantitative estimate of drug-likeness (QED) is 0.0120. The number of imidazole rings is 3. The number of H-pyrrole nitrogens is 1. The van der Waals surface area contributed by atoms with Crippen molar-refractivity contribution in [1.29, 1.82) is 0 Å². The molecule has 9 aromatic rings. The number of halogens is 3. The summed E-state index contributed by atoms with van der Waals surface area (Å²) in [5.41, 5.74) is 10.0. The van der Waals surface area contributed by atoms with E-state index in [0.29, 0.717) is 5.52 Å². The Bertz CT molecular complexity index is 5140. The van der Waals surface area contributed by atoms with Crippen molar-refractivity contribution in [2.45, 2.75) is 192 Å². The Kier molecular flexibility index (Phi) is 28.3. The second kappa shape index (κ2) is 37.0. The fourth-order valence-electron chi connectivity index (χ4n) is 11.9. The topological polar surface area (TPSA) is 548 Å². The van der Waals surface area contributed by atoms with Gasteiger partial charge in [0.25, 0.3) is 5.56 Å². The molecular weight excluding hydrogens is 1610 g/mol. The lowest BCUT2D eigenvalue weighted by molar-refractivity contribution is -0.150. The van der Waals surface area contributed by atoms with Gasteiger partial charge >= 0.3 is 41.1 Å². The van der Waals surface area contributed by atoms with E-state index in [1.54, 1.807) is 108 Å². The number of anilines is 3. The number of para-hydroxylation sites is 3. The van der Waals surface area contributed by atoms with E-state index in [4.69, 9.17) is 77.5 Å². The number of rotatable bonds is 31. The van der Waals surface area contributed by atoms with Crippen LogP contribution in [0.3, 0.4) is 0 Å². The van der Waals surface area contributed by atoms with E-state index in [-0.39, 0.29) is 68.9 Å². The highest BCUT2D eigenvalue weighted by Gasteiger charge is 2.59. The van der Waals surface area contributed by atoms with Crippen LogP contribution in [0.2, 0.25) is 0 Å². The molecule has 3 fully saturated rings. The van der Waals surface area contributed by atoms with Crippen molar-refractivity contribution in [2.75, 3.05) is 44.1 Å². The van der Waals surface area contributed by atoms with Gasteiger partial charge in [-0.05, 0) is 119 Å². The smallest absolute Gasteiger partial charge is 0.459 e. The van der Waals surface area contributed by atoms with Gasteiger partial charge in [0, 0.05) is 0 Å². The second-order valence-electron chi connectivity index (χ2n) is 28.3. The van der Waals surface area contributed by atoms with Gasteiger partial charge < -0.3 is 79.2 Å². The molecule has 41 nitrogen and oxygen atoms in total. The van der Waals surface area contributed by atoms with Gasteiger partial charge in [0.1, 0.15) is 77.5 Å². The second-order valence-corrected chi connectivity index (χ2v) is 33.3. The van der Waals surface area contributed by atoms with Gasteiger partial charge in [0.15, 0.2) is 63.7 Å². The zero-order valence-corrected chi connectivity index (χ0v) is 68.1. The van der Waals surface area contributed by atoms with E-state index in [9.17, 15) is 48.2 Å². The number of nitrogens with zero attached hydrogens (tertiary/aromatic N) is 11. The SMILES string of the molecule is CC(C)OC(=O)[C@@H](C)N[P@@](=O)(OC[C@H]1O[C@@H](n2cnc3c(=O)[nH]c(N)nc32)[C@](C)(F)[C@@H]1O)Oc1ccccc1.CC(C)OC(=O)[C@@H](C)N[P@@](=O)(OC[C@H]1O[C@@H](n2cnc3cnc(N)nc32)[C@](C)(F)[C@@H]1O)Oc1ccccc1.COc1nc(N)nc2c1ncn2[C@@H]1O[C@H](CO[P@](=O)(N[C@H](C)C(=O)OC(C)C)Oc2ccccc2)[C@@H](O)[C@@]1(C)F. The summed E-state index contributed by atoms with van der Waals surface area (Å²) < 4.78 is 164. The monoisotopic (exact) mass is 1700 g/mol. The summed E-state index contributed by atoms with van der Waals surface area (Å²) in [5.74, 6) is -1.86. The van der Waals surface area contributed by atoms with Gasteiger partial charge in [-0.25, -0.2) is 46.8 Å². The predicted octanol–water partition coefficient (Wildman–Crippen LogP) is 6.89. The van der Waals surface area contributed by atoms with Crippen LogP contribution in [0.25, 0.3) is 33.5 Å². The molecule has 0 amide bonds. The van der Waals surface area contributed by atoms with Crippen molar-refractivity contribution < 1.29 is 117 Å². The summed E-state index contributed by atoms with van der Waals surface area (Å²) in [6, 6.07) is 21.0. The Labute approximate surface area is 666 Å². The minimum absolute atomic E-state index is 0.0478. The molecule has 12 rings (SSSR count). The van der Waals surface area contributed by atoms with Crippen molar-refractivity contribution in [3.05, 3.63) is 127 Å². The number of nitrogen functional groups attached to an aromatic ring is 3. The van der Waals surface area contributed by atoms with Crippen molar-refractivity contribution in [3.63, 3.8) is 0 Å². The van der Waals surface area contributed by atoms with Gasteiger partial charge in [-0.3, -0.25) is 51.4 Å². The molecule has 47 heteroatoms. The first-order valence-electron chi connectivity index (χ1n) is 36.3. The third kappa shape index (κ3) is 21.4. The van der Waals surface area contributed by atoms with Crippen LogP contribution in [0.5, 0.6) is 23.1 Å². The van der Waals surface area contributed by atoms with Crippen LogP contribution in [-0.2, 0) is 70.1 Å². The number of ether oxygens (including phenoxy) is 7. The van der Waals surface area contributed by atoms with Crippen molar-refractivity contribution in [1.82, 2.24) is 73.8 Å². The van der Waals surface area contributed by atoms with Gasteiger partial charge in [-0.2, -0.15) is 35.2 Å². The lowest BCUT2D eigenvalue weighted by Crippen LogP contribution is -2.41. The normalized spacial score (nSPS) is 25.4. The lowest BCUT2D eigenvalue weighted by atomic mass is 9.98. The molecule has 3 aliphatic rings. The van der Waals surface area contributed by atoms with E-state index in [2.05, 4.69) is 60.1 Å². The maximum absolute atomic E-state index is 15.9. The number of aromatic nitrogens is 12. The van der Waals surface area contributed by atoms with Gasteiger partial charge in [0.2, 0.25) is 23.7 Å². The third-order valence-electron chi connectivity index (χ3n) is 17.6. The van der Waals surface area contributed by atoms with Crippen molar-refractivity contribution in [3.8, 4) is 23.1 Å². The Balaban J connectivity index is 0.000000185. The average molecular weight is 1700 g/mol. The number of nitrogens with two attached hydrogens (primary N) is 3. The molecule has 18 atom stereocenters. The number of fused-ring (bicyclic) bond motifs is 3. The first-order chi connectivity index (χ1) is 55.0. The molecule has 9 heterocycles. The molecule has 0 saturated carbocycles. The number of esters is 3. The van der Waals surface area contributed by atoms with Crippen LogP contribution >= 0.6 is 23.2 Å². The zero-order chi connectivity index (χ0) is 85.4. The van der Waals surface area contributed by atoms with E-state index < -0.39 is 175 Å². The van der Waals surface area contributed by atoms with E-state index in [1.807, 2.05) is 0 Å². The number of aliphatic hydroxyl groups excluding tert-OH is 3. The predicted molar refractivity (Wildman–Crippen MR) is 410 cm³/mol. The highest BCUT2D eigenvalue weighted by atomic mass is 31.2. The van der Waals surface area contributed by atoms with Crippen LogP contribution in [0.1, 0.15) is 102 Å². The number of aliphatic hydroxyl groups is 3. The van der Waals surface area contributed by atoms with Gasteiger partial charge in [-0.1, -0.05) is 54.6 Å². The summed E-state index contributed by atoms with van der Waals surface area (Å²) in [5, 5.41) is 40.0. The van der Waals surface area contributed by atoms with Crippen molar-refractivity contribution >= 4 is 92.5 Å². The molecule has 0 bridgehead atoms. The standard InChI is InChI=1S/C24H32FN6O8P.C23H30FN6O8P.C23H30FN6O7P/c1-13(2)37-21(33)14(3)30-40(34,39-15-9-7-6-8-10-15)36-11-16-18(32)24(4,25)22(38-16)31-12-27-17-19(31)28-23(26)29-20(17)35-5;1-12(2)36-20(33)13(3)29-39(34,38-14-8-6-5-7-9-14)35-10-15-17(31)23(4,24)21(37-15)30-11-26-16-18(30)27-22(25)28-19(16)32;1-13(2)35-20(32)14(3)29-38(33,37-15-8-6-5-7-9-15)34-11-17-18(31)23(4,24)21(36-17)30-12-27-16-10-26-22(25)28-19(16)30/h6-10,12-14,16,18,22,32H,11H2,1-5H3,(H,30,34)(H2,26,28,29);5-9,11-13,15,17,21,31H,10H2,1-4H3,(H,29,34)(H3,25,27,28,32);5-10,12-14,17-18,21,31H,11H2,1-4H3,(H,29,33)(H2,25,26,28)/t14-,16-,18-,22-,24-,40-;13-,15-,17-,21-,23-,39-;14-,17-,18-,21-,23-,38-/m111/s1. The highest BCUT2D eigenvalue weighted by molar-refractivity contribution is 7.52. The molecule has 636 valence electrons. The first kappa shape index (κ1) is 89.5. The molecular formula is C70H92F3N18O23P3. The van der Waals surface area contributed by atoms with Crippen LogP contribution < -0.4 is 56.3 Å². The van der Waals surface area contributed by atoms with Gasteiger partial charge in [-0.15, -0.1) is 0 Å². The molecule has 13 N–H and O–H groups in total. The van der Waals surface area contributed by atoms with E-state index >= 15 is 13.2 Å². The molecule has 0 aliphatic carbocycles. The van der Waals surface area contributed by atoms with Crippen molar-refractivity contribution in [2.24, 2.45) is 0 Å². The number of nitrogens with one attached hydrogen (secondary N) is 4. The Morgan fingerprint density at radius 3 is 1.20 bits per heavy atom. The summed E-state index contributed by atoms with van der Waals surface area (Å²) in [6.07, 6.45) is -9.60. The van der Waals surface area contributed by atoms with E-state index in [1.165, 1.54) is 80.1 Å². The van der Waals surface area contributed by atoms with Crippen LogP contribution in [0, 0.1) is 0 Å². The number of aromatic amines is 1. The summed E-state index contributed by atoms with van der Waals surface area (Å²) in [4.78, 5) is 83.7. The van der Waals surface area contributed by atoms with Gasteiger partial charge in [0.05, 0.1) is 70.4 Å². The summed E-state index contributed by atoms with van der Waals surface area (Å²) >= 11 is 0. The number of carbonyl (C=O) groups is 3. The molecule has 117 heavy (non-hydrogen) atoms. The molecule has 6 aromatic heterocycles. The fourth-order valence-corrected chi connectivity index (χ4v) is 16.4. The minimum Gasteiger partial charge on any atom is -0.479 e. The number of alkyl halides is 3.